The quantitative estimate of drug-likeness (QED) is 0.476. The van der Waals surface area contributed by atoms with E-state index in [0.717, 1.165) is 11.8 Å². The van der Waals surface area contributed by atoms with Crippen LogP contribution in [0.15, 0.2) is 46.2 Å². The Morgan fingerprint density at radius 1 is 1.27 bits per heavy atom. The molecule has 0 saturated heterocycles. The maximum absolute atomic E-state index is 12.2. The lowest BCUT2D eigenvalue weighted by molar-refractivity contribution is -0.113. The molecule has 3 N–H and O–H groups in total. The SMILES string of the molecule is COc1ccc(NC(=O)CSc2nnc(-c3ccco3)n2N)cc1OC. The summed E-state index contributed by atoms with van der Waals surface area (Å²) in [6.45, 7) is 0. The van der Waals surface area contributed by atoms with Crippen molar-refractivity contribution >= 4 is 23.4 Å². The van der Waals surface area contributed by atoms with Crippen molar-refractivity contribution in [1.29, 1.82) is 0 Å². The third-order valence-electron chi connectivity index (χ3n) is 3.41. The fraction of sp³-hybridized carbons (Fsp3) is 0.188. The number of nitrogens with two attached hydrogens (primary N) is 1. The summed E-state index contributed by atoms with van der Waals surface area (Å²) in [6.07, 6.45) is 1.52. The van der Waals surface area contributed by atoms with Gasteiger partial charge < -0.3 is 25.1 Å². The molecule has 0 aliphatic heterocycles. The zero-order valence-corrected chi connectivity index (χ0v) is 14.9. The molecule has 0 radical (unpaired) electrons. The normalized spacial score (nSPS) is 10.5. The predicted molar refractivity (Wildman–Crippen MR) is 96.8 cm³/mol. The molecule has 0 spiro atoms. The first-order valence-corrected chi connectivity index (χ1v) is 8.50. The topological polar surface area (TPSA) is 117 Å². The summed E-state index contributed by atoms with van der Waals surface area (Å²) in [5.74, 6) is 7.85. The molecule has 10 heteroatoms. The second kappa shape index (κ2) is 7.83. The highest BCUT2D eigenvalue weighted by Crippen LogP contribution is 2.30. The predicted octanol–water partition coefficient (Wildman–Crippen LogP) is 2.00. The summed E-state index contributed by atoms with van der Waals surface area (Å²) in [5, 5.41) is 11.1. The van der Waals surface area contributed by atoms with Crippen LogP contribution in [-0.4, -0.2) is 40.8 Å². The van der Waals surface area contributed by atoms with E-state index in [1.165, 1.54) is 18.0 Å². The van der Waals surface area contributed by atoms with Gasteiger partial charge in [0, 0.05) is 11.8 Å². The number of carbonyl (C=O) groups excluding carboxylic acids is 1. The number of ether oxygens (including phenoxy) is 2. The number of nitrogens with one attached hydrogen (secondary N) is 1. The number of amides is 1. The van der Waals surface area contributed by atoms with Crippen molar-refractivity contribution in [3.05, 3.63) is 36.6 Å². The summed E-state index contributed by atoms with van der Waals surface area (Å²) < 4.78 is 16.9. The zero-order chi connectivity index (χ0) is 18.5. The largest absolute Gasteiger partial charge is 0.493 e. The number of furan rings is 1. The smallest absolute Gasteiger partial charge is 0.234 e. The molecule has 0 bridgehead atoms. The van der Waals surface area contributed by atoms with E-state index in [-0.39, 0.29) is 11.7 Å². The first-order valence-electron chi connectivity index (χ1n) is 7.51. The summed E-state index contributed by atoms with van der Waals surface area (Å²) in [4.78, 5) is 12.2. The van der Waals surface area contributed by atoms with E-state index < -0.39 is 0 Å². The Bertz CT molecular complexity index is 894. The number of nitrogen functional groups attached to an aromatic ring is 1. The molecule has 1 amide bonds. The van der Waals surface area contributed by atoms with Crippen LogP contribution in [0.3, 0.4) is 0 Å². The summed E-state index contributed by atoms with van der Waals surface area (Å²) >= 11 is 1.16. The van der Waals surface area contributed by atoms with Crippen molar-refractivity contribution in [2.75, 3.05) is 31.1 Å². The summed E-state index contributed by atoms with van der Waals surface area (Å²) in [7, 11) is 3.08. The molecule has 0 fully saturated rings. The van der Waals surface area contributed by atoms with Gasteiger partial charge in [-0.2, -0.15) is 0 Å². The maximum Gasteiger partial charge on any atom is 0.234 e. The lowest BCUT2D eigenvalue weighted by atomic mass is 10.2. The number of benzene rings is 1. The number of nitrogens with zero attached hydrogens (tertiary/aromatic N) is 3. The molecular formula is C16H17N5O4S. The van der Waals surface area contributed by atoms with Gasteiger partial charge in [-0.25, -0.2) is 4.68 Å². The molecule has 1 aromatic carbocycles. The molecule has 0 aliphatic carbocycles. The fourth-order valence-corrected chi connectivity index (χ4v) is 2.85. The highest BCUT2D eigenvalue weighted by atomic mass is 32.2. The van der Waals surface area contributed by atoms with E-state index in [9.17, 15) is 4.79 Å². The Hall–Kier alpha value is -3.14. The van der Waals surface area contributed by atoms with Crippen LogP contribution < -0.4 is 20.6 Å². The second-order valence-corrected chi connectivity index (χ2v) is 6.00. The molecule has 136 valence electrons. The first-order chi connectivity index (χ1) is 12.6. The van der Waals surface area contributed by atoms with Crippen molar-refractivity contribution in [3.63, 3.8) is 0 Å². The molecule has 0 unspecified atom stereocenters. The number of thioether (sulfide) groups is 1. The monoisotopic (exact) mass is 375 g/mol. The lowest BCUT2D eigenvalue weighted by Gasteiger charge is -2.10. The van der Waals surface area contributed by atoms with E-state index in [1.54, 1.807) is 37.4 Å². The molecular weight excluding hydrogens is 358 g/mol. The second-order valence-electron chi connectivity index (χ2n) is 5.06. The van der Waals surface area contributed by atoms with Gasteiger partial charge in [-0.3, -0.25) is 4.79 Å². The average Bonchev–Trinajstić information content (AvgIpc) is 3.29. The van der Waals surface area contributed by atoms with Crippen LogP contribution in [0.1, 0.15) is 0 Å². The van der Waals surface area contributed by atoms with Crippen molar-refractivity contribution in [1.82, 2.24) is 14.9 Å². The molecule has 0 atom stereocenters. The minimum Gasteiger partial charge on any atom is -0.493 e. The number of methoxy groups -OCH3 is 2. The number of aromatic nitrogens is 3. The number of anilines is 1. The van der Waals surface area contributed by atoms with Gasteiger partial charge in [-0.1, -0.05) is 11.8 Å². The Labute approximate surface area is 153 Å². The van der Waals surface area contributed by atoms with Gasteiger partial charge in [0.1, 0.15) is 0 Å². The van der Waals surface area contributed by atoms with E-state index in [1.807, 2.05) is 0 Å². The number of rotatable bonds is 7. The standard InChI is InChI=1S/C16H17N5O4S/c1-23-11-6-5-10(8-13(11)24-2)18-14(22)9-26-16-20-19-15(21(16)17)12-4-3-7-25-12/h3-8H,9,17H2,1-2H3,(H,18,22). The minimum atomic E-state index is -0.218. The van der Waals surface area contributed by atoms with Crippen molar-refractivity contribution in [2.24, 2.45) is 0 Å². The lowest BCUT2D eigenvalue weighted by Crippen LogP contribution is -2.16. The first kappa shape index (κ1) is 17.7. The Morgan fingerprint density at radius 2 is 2.08 bits per heavy atom. The van der Waals surface area contributed by atoms with Crippen LogP contribution in [0.25, 0.3) is 11.6 Å². The van der Waals surface area contributed by atoms with Crippen LogP contribution in [-0.2, 0) is 4.79 Å². The number of hydrogen-bond donors (Lipinski definition) is 2. The molecule has 3 rings (SSSR count). The van der Waals surface area contributed by atoms with Gasteiger partial charge in [-0.15, -0.1) is 10.2 Å². The summed E-state index contributed by atoms with van der Waals surface area (Å²) in [6, 6.07) is 8.58. The Kier molecular flexibility index (Phi) is 5.32. The highest BCUT2D eigenvalue weighted by Gasteiger charge is 2.15. The van der Waals surface area contributed by atoms with Crippen LogP contribution >= 0.6 is 11.8 Å². The van der Waals surface area contributed by atoms with Gasteiger partial charge in [-0.05, 0) is 24.3 Å². The van der Waals surface area contributed by atoms with Gasteiger partial charge >= 0.3 is 0 Å². The average molecular weight is 375 g/mol. The van der Waals surface area contributed by atoms with Gasteiger partial charge in [0.25, 0.3) is 0 Å². The van der Waals surface area contributed by atoms with Gasteiger partial charge in [0.05, 0.1) is 26.2 Å². The van der Waals surface area contributed by atoms with Crippen LogP contribution in [0, 0.1) is 0 Å². The van der Waals surface area contributed by atoms with Crippen LogP contribution in [0.5, 0.6) is 11.5 Å². The van der Waals surface area contributed by atoms with Crippen LogP contribution in [0.2, 0.25) is 0 Å². The van der Waals surface area contributed by atoms with Crippen molar-refractivity contribution < 1.29 is 18.7 Å². The number of hydrogen-bond acceptors (Lipinski definition) is 8. The van der Waals surface area contributed by atoms with Gasteiger partial charge in [0.2, 0.25) is 16.9 Å². The molecule has 9 nitrogen and oxygen atoms in total. The maximum atomic E-state index is 12.2. The zero-order valence-electron chi connectivity index (χ0n) is 14.1. The minimum absolute atomic E-state index is 0.113. The molecule has 26 heavy (non-hydrogen) atoms. The van der Waals surface area contributed by atoms with Crippen molar-refractivity contribution in [2.45, 2.75) is 5.16 Å². The van der Waals surface area contributed by atoms with E-state index in [0.29, 0.717) is 33.9 Å². The van der Waals surface area contributed by atoms with E-state index in [4.69, 9.17) is 19.7 Å². The van der Waals surface area contributed by atoms with E-state index in [2.05, 4.69) is 15.5 Å². The third-order valence-corrected chi connectivity index (χ3v) is 4.35. The third kappa shape index (κ3) is 3.75. The fourth-order valence-electron chi connectivity index (χ4n) is 2.19. The van der Waals surface area contributed by atoms with Crippen LogP contribution in [0.4, 0.5) is 5.69 Å². The number of carbonyl (C=O) groups is 1. The van der Waals surface area contributed by atoms with E-state index >= 15 is 0 Å². The molecule has 0 aliphatic rings. The molecule has 2 aromatic heterocycles. The Morgan fingerprint density at radius 3 is 2.77 bits per heavy atom. The van der Waals surface area contributed by atoms with Gasteiger partial charge in [0.15, 0.2) is 17.3 Å². The Balaban J connectivity index is 1.61. The molecule has 2 heterocycles. The highest BCUT2D eigenvalue weighted by molar-refractivity contribution is 7.99. The molecule has 3 aromatic rings. The van der Waals surface area contributed by atoms with Crippen molar-refractivity contribution in [3.8, 4) is 23.1 Å². The summed E-state index contributed by atoms with van der Waals surface area (Å²) in [5.41, 5.74) is 0.596. The molecule has 0 saturated carbocycles.